The lowest BCUT2D eigenvalue weighted by atomic mass is 10.0. The van der Waals surface area contributed by atoms with E-state index in [-0.39, 0.29) is 11.9 Å². The van der Waals surface area contributed by atoms with Crippen LogP contribution < -0.4 is 10.1 Å². The molecule has 0 aromatic heterocycles. The average Bonchev–Trinajstić information content (AvgIpc) is 2.91. The van der Waals surface area contributed by atoms with Crippen molar-refractivity contribution in [3.8, 4) is 5.75 Å². The molecule has 20 heavy (non-hydrogen) atoms. The fourth-order valence-electron chi connectivity index (χ4n) is 2.67. The minimum atomic E-state index is -0.0391. The van der Waals surface area contributed by atoms with Crippen LogP contribution in [0.3, 0.4) is 0 Å². The first-order valence-corrected chi connectivity index (χ1v) is 7.20. The van der Waals surface area contributed by atoms with Crippen molar-refractivity contribution < 1.29 is 9.53 Å². The Bertz CT molecular complexity index is 508. The number of rotatable bonds is 5. The van der Waals surface area contributed by atoms with Crippen molar-refractivity contribution in [1.29, 1.82) is 0 Å². The Kier molecular flexibility index (Phi) is 4.83. The van der Waals surface area contributed by atoms with Gasteiger partial charge in [-0.15, -0.1) is 0 Å². The Morgan fingerprint density at radius 2 is 2.30 bits per heavy atom. The molecule has 0 unspecified atom stereocenters. The van der Waals surface area contributed by atoms with E-state index in [1.807, 2.05) is 26.0 Å². The number of amides is 1. The summed E-state index contributed by atoms with van der Waals surface area (Å²) in [5.74, 6) is 1.34. The number of hydrogen-bond donors (Lipinski definition) is 1. The lowest BCUT2D eigenvalue weighted by Crippen LogP contribution is -2.28. The van der Waals surface area contributed by atoms with Crippen molar-refractivity contribution in [2.75, 3.05) is 7.11 Å². The standard InChI is InChI=1S/C17H23NO2/c1-12-8-9-16(20-3)15(10-12)13(2)18-17(19)11-14-6-4-5-7-14/h4,6,8-10,13-14H,5,7,11H2,1-3H3,(H,18,19)/t13-,14-/m0/s1. The second-order valence-electron chi connectivity index (χ2n) is 5.50. The van der Waals surface area contributed by atoms with Gasteiger partial charge in [-0.1, -0.05) is 29.8 Å². The van der Waals surface area contributed by atoms with E-state index in [9.17, 15) is 4.79 Å². The molecule has 108 valence electrons. The molecule has 1 N–H and O–H groups in total. The molecule has 0 fully saturated rings. The molecule has 0 radical (unpaired) electrons. The third-order valence-electron chi connectivity index (χ3n) is 3.79. The summed E-state index contributed by atoms with van der Waals surface area (Å²) >= 11 is 0. The second kappa shape index (κ2) is 6.60. The normalized spacial score (nSPS) is 18.9. The molecular formula is C17H23NO2. The summed E-state index contributed by atoms with van der Waals surface area (Å²) in [6.45, 7) is 4.04. The van der Waals surface area contributed by atoms with E-state index in [0.29, 0.717) is 12.3 Å². The van der Waals surface area contributed by atoms with E-state index in [0.717, 1.165) is 24.2 Å². The van der Waals surface area contributed by atoms with E-state index < -0.39 is 0 Å². The maximum absolute atomic E-state index is 12.1. The largest absolute Gasteiger partial charge is 0.496 e. The summed E-state index contributed by atoms with van der Waals surface area (Å²) in [5, 5.41) is 3.07. The average molecular weight is 273 g/mol. The highest BCUT2D eigenvalue weighted by Crippen LogP contribution is 2.27. The number of hydrogen-bond acceptors (Lipinski definition) is 2. The highest BCUT2D eigenvalue weighted by atomic mass is 16.5. The van der Waals surface area contributed by atoms with E-state index >= 15 is 0 Å². The van der Waals surface area contributed by atoms with E-state index in [4.69, 9.17) is 4.74 Å². The highest BCUT2D eigenvalue weighted by Gasteiger charge is 2.18. The minimum absolute atomic E-state index is 0.0391. The van der Waals surface area contributed by atoms with Gasteiger partial charge < -0.3 is 10.1 Å². The maximum atomic E-state index is 12.1. The van der Waals surface area contributed by atoms with E-state index in [1.165, 1.54) is 5.56 Å². The molecule has 0 bridgehead atoms. The first kappa shape index (κ1) is 14.6. The number of methoxy groups -OCH3 is 1. The summed E-state index contributed by atoms with van der Waals surface area (Å²) in [7, 11) is 1.66. The SMILES string of the molecule is COc1ccc(C)cc1[C@H](C)NC(=O)C[C@H]1C=CCC1. The van der Waals surface area contributed by atoms with Crippen molar-refractivity contribution in [3.05, 3.63) is 41.5 Å². The Morgan fingerprint density at radius 1 is 1.50 bits per heavy atom. The van der Waals surface area contributed by atoms with Gasteiger partial charge in [-0.25, -0.2) is 0 Å². The van der Waals surface area contributed by atoms with E-state index in [1.54, 1.807) is 7.11 Å². The van der Waals surface area contributed by atoms with Crippen LogP contribution in [0, 0.1) is 12.8 Å². The smallest absolute Gasteiger partial charge is 0.221 e. The third-order valence-corrected chi connectivity index (χ3v) is 3.79. The van der Waals surface area contributed by atoms with Crippen LogP contribution in [0.2, 0.25) is 0 Å². The van der Waals surface area contributed by atoms with Gasteiger partial charge >= 0.3 is 0 Å². The molecule has 0 spiro atoms. The number of aryl methyl sites for hydroxylation is 1. The molecule has 1 aromatic carbocycles. The number of ether oxygens (including phenoxy) is 1. The first-order valence-electron chi connectivity index (χ1n) is 7.20. The Labute approximate surface area is 121 Å². The van der Waals surface area contributed by atoms with Crippen LogP contribution in [-0.4, -0.2) is 13.0 Å². The molecule has 0 saturated carbocycles. The van der Waals surface area contributed by atoms with Crippen molar-refractivity contribution in [2.24, 2.45) is 5.92 Å². The van der Waals surface area contributed by atoms with Gasteiger partial charge in [0, 0.05) is 12.0 Å². The van der Waals surface area contributed by atoms with Crippen LogP contribution in [0.4, 0.5) is 0 Å². The van der Waals surface area contributed by atoms with Crippen molar-refractivity contribution in [2.45, 2.75) is 39.2 Å². The second-order valence-corrected chi connectivity index (χ2v) is 5.50. The first-order chi connectivity index (χ1) is 9.60. The van der Waals surface area contributed by atoms with Gasteiger partial charge in [0.2, 0.25) is 5.91 Å². The number of carbonyl (C=O) groups is 1. The van der Waals surface area contributed by atoms with Crippen molar-refractivity contribution in [3.63, 3.8) is 0 Å². The number of allylic oxidation sites excluding steroid dienone is 2. The molecular weight excluding hydrogens is 250 g/mol. The molecule has 0 saturated heterocycles. The van der Waals surface area contributed by atoms with Crippen LogP contribution >= 0.6 is 0 Å². The molecule has 1 aliphatic rings. The van der Waals surface area contributed by atoms with Crippen LogP contribution in [0.25, 0.3) is 0 Å². The van der Waals surface area contributed by atoms with Crippen molar-refractivity contribution >= 4 is 5.91 Å². The molecule has 0 heterocycles. The lowest BCUT2D eigenvalue weighted by Gasteiger charge is -2.19. The number of nitrogens with one attached hydrogen (secondary N) is 1. The third kappa shape index (κ3) is 3.62. The molecule has 3 nitrogen and oxygen atoms in total. The fraction of sp³-hybridized carbons (Fsp3) is 0.471. The minimum Gasteiger partial charge on any atom is -0.496 e. The topological polar surface area (TPSA) is 38.3 Å². The van der Waals surface area contributed by atoms with Crippen molar-refractivity contribution in [1.82, 2.24) is 5.32 Å². The zero-order valence-electron chi connectivity index (χ0n) is 12.5. The summed E-state index contributed by atoms with van der Waals surface area (Å²) in [5.41, 5.74) is 2.20. The van der Waals surface area contributed by atoms with Gasteiger partial charge in [-0.3, -0.25) is 4.79 Å². The number of carbonyl (C=O) groups excluding carboxylic acids is 1. The molecule has 2 rings (SSSR count). The molecule has 3 heteroatoms. The fourth-order valence-corrected chi connectivity index (χ4v) is 2.67. The zero-order valence-corrected chi connectivity index (χ0v) is 12.5. The molecule has 1 amide bonds. The summed E-state index contributed by atoms with van der Waals surface area (Å²) in [6, 6.07) is 6.00. The summed E-state index contributed by atoms with van der Waals surface area (Å²) in [6.07, 6.45) is 7.08. The van der Waals surface area contributed by atoms with Crippen LogP contribution in [0.5, 0.6) is 5.75 Å². The molecule has 1 aromatic rings. The Morgan fingerprint density at radius 3 is 2.95 bits per heavy atom. The van der Waals surface area contributed by atoms with Crippen LogP contribution in [-0.2, 0) is 4.79 Å². The zero-order chi connectivity index (χ0) is 14.5. The monoisotopic (exact) mass is 273 g/mol. The Balaban J connectivity index is 2.00. The maximum Gasteiger partial charge on any atom is 0.221 e. The van der Waals surface area contributed by atoms with Gasteiger partial charge in [-0.2, -0.15) is 0 Å². The van der Waals surface area contributed by atoms with E-state index in [2.05, 4.69) is 23.5 Å². The Hall–Kier alpha value is -1.77. The van der Waals surface area contributed by atoms with Gasteiger partial charge in [0.1, 0.15) is 5.75 Å². The van der Waals surface area contributed by atoms with Crippen LogP contribution in [0.1, 0.15) is 43.4 Å². The predicted molar refractivity (Wildman–Crippen MR) is 80.8 cm³/mol. The van der Waals surface area contributed by atoms with Gasteiger partial charge in [0.25, 0.3) is 0 Å². The lowest BCUT2D eigenvalue weighted by molar-refractivity contribution is -0.122. The predicted octanol–water partition coefficient (Wildman–Crippen LogP) is 3.54. The highest BCUT2D eigenvalue weighted by molar-refractivity contribution is 5.77. The van der Waals surface area contributed by atoms with Crippen LogP contribution in [0.15, 0.2) is 30.4 Å². The summed E-state index contributed by atoms with van der Waals surface area (Å²) < 4.78 is 5.37. The summed E-state index contributed by atoms with van der Waals surface area (Å²) in [4.78, 5) is 12.1. The van der Waals surface area contributed by atoms with Gasteiger partial charge in [0.05, 0.1) is 13.2 Å². The molecule has 1 aliphatic carbocycles. The molecule has 2 atom stereocenters. The number of benzene rings is 1. The van der Waals surface area contributed by atoms with Gasteiger partial charge in [-0.05, 0) is 38.7 Å². The molecule has 0 aliphatic heterocycles. The quantitative estimate of drug-likeness (QED) is 0.833. The van der Waals surface area contributed by atoms with Gasteiger partial charge in [0.15, 0.2) is 0 Å².